The fourth-order valence-corrected chi connectivity index (χ4v) is 5.01. The summed E-state index contributed by atoms with van der Waals surface area (Å²) in [5.41, 5.74) is 4.27. The first-order valence-corrected chi connectivity index (χ1v) is 11.1. The second-order valence-corrected chi connectivity index (χ2v) is 12.0. The van der Waals surface area contributed by atoms with Crippen LogP contribution in [0.15, 0.2) is 12.1 Å². The van der Waals surface area contributed by atoms with E-state index in [2.05, 4.69) is 74.4 Å². The van der Waals surface area contributed by atoms with Crippen LogP contribution in [0.2, 0.25) is 0 Å². The summed E-state index contributed by atoms with van der Waals surface area (Å²) in [6.45, 7) is 19.9. The van der Waals surface area contributed by atoms with Gasteiger partial charge in [0.25, 0.3) is 0 Å². The van der Waals surface area contributed by atoms with Gasteiger partial charge in [-0.1, -0.05) is 62.3 Å². The standard InChI is InChI=1S/C27H40O3/c1-25(2,3)17-14-16-20-15(12-18(23(16)29-10)26(4,5)6)13-19(27(7,8)9)24(30-11)21(20)22(17)28/h12-13,17,22,28H,14H2,1-11H3. The van der Waals surface area contributed by atoms with E-state index in [9.17, 15) is 5.11 Å². The number of methoxy groups -OCH3 is 2. The highest BCUT2D eigenvalue weighted by atomic mass is 16.5. The first kappa shape index (κ1) is 22.9. The number of rotatable bonds is 2. The lowest BCUT2D eigenvalue weighted by Gasteiger charge is -2.41. The molecule has 3 heteroatoms. The molecule has 166 valence electrons. The predicted octanol–water partition coefficient (Wildman–Crippen LogP) is 6.70. The summed E-state index contributed by atoms with van der Waals surface area (Å²) in [7, 11) is 3.49. The van der Waals surface area contributed by atoms with Gasteiger partial charge in [0.15, 0.2) is 0 Å². The van der Waals surface area contributed by atoms with Crippen LogP contribution in [0.25, 0.3) is 10.8 Å². The number of ether oxygens (including phenoxy) is 2. The smallest absolute Gasteiger partial charge is 0.129 e. The summed E-state index contributed by atoms with van der Waals surface area (Å²) in [6.07, 6.45) is 0.210. The molecule has 0 aliphatic heterocycles. The van der Waals surface area contributed by atoms with Crippen LogP contribution in [0.5, 0.6) is 11.5 Å². The van der Waals surface area contributed by atoms with Crippen molar-refractivity contribution in [2.45, 2.75) is 85.7 Å². The Morgan fingerprint density at radius 3 is 1.67 bits per heavy atom. The van der Waals surface area contributed by atoms with E-state index in [-0.39, 0.29) is 22.2 Å². The van der Waals surface area contributed by atoms with Crippen LogP contribution in [-0.4, -0.2) is 19.3 Å². The van der Waals surface area contributed by atoms with Gasteiger partial charge in [-0.2, -0.15) is 0 Å². The molecule has 0 saturated heterocycles. The molecular formula is C27H40O3. The van der Waals surface area contributed by atoms with Crippen LogP contribution in [0.3, 0.4) is 0 Å². The molecule has 2 atom stereocenters. The molecule has 1 aliphatic carbocycles. The highest BCUT2D eigenvalue weighted by Gasteiger charge is 2.42. The molecule has 0 amide bonds. The maximum absolute atomic E-state index is 11.6. The van der Waals surface area contributed by atoms with Crippen LogP contribution >= 0.6 is 0 Å². The first-order valence-electron chi connectivity index (χ1n) is 11.1. The number of aliphatic hydroxyl groups is 1. The molecular weight excluding hydrogens is 372 g/mol. The van der Waals surface area contributed by atoms with Crippen LogP contribution in [-0.2, 0) is 17.3 Å². The SMILES string of the molecule is COc1c(C(C)(C)C)cc2cc(C(C)(C)C)c(OC)c3c2c1CC(C(C)(C)C)C3O. The van der Waals surface area contributed by atoms with Crippen molar-refractivity contribution in [3.63, 3.8) is 0 Å². The Labute approximate surface area is 182 Å². The van der Waals surface area contributed by atoms with Crippen molar-refractivity contribution in [2.24, 2.45) is 11.3 Å². The Balaban J connectivity index is 2.57. The average Bonchev–Trinajstić information content (AvgIpc) is 2.60. The Hall–Kier alpha value is -1.74. The molecule has 3 nitrogen and oxygen atoms in total. The molecule has 30 heavy (non-hydrogen) atoms. The van der Waals surface area contributed by atoms with Crippen LogP contribution in [0, 0.1) is 11.3 Å². The van der Waals surface area contributed by atoms with Crippen molar-refractivity contribution in [3.05, 3.63) is 34.4 Å². The molecule has 0 bridgehead atoms. The molecule has 3 rings (SSSR count). The molecule has 1 N–H and O–H groups in total. The van der Waals surface area contributed by atoms with E-state index in [1.807, 2.05) is 0 Å². The van der Waals surface area contributed by atoms with Crippen LogP contribution in [0.1, 0.15) is 90.7 Å². The Morgan fingerprint density at radius 1 is 0.800 bits per heavy atom. The zero-order valence-corrected chi connectivity index (χ0v) is 20.8. The van der Waals surface area contributed by atoms with Gasteiger partial charge in [0, 0.05) is 22.3 Å². The van der Waals surface area contributed by atoms with Crippen molar-refractivity contribution in [1.82, 2.24) is 0 Å². The largest absolute Gasteiger partial charge is 0.496 e. The van der Waals surface area contributed by atoms with E-state index < -0.39 is 6.10 Å². The van der Waals surface area contributed by atoms with Crippen molar-refractivity contribution in [3.8, 4) is 11.5 Å². The van der Waals surface area contributed by atoms with Gasteiger partial charge in [-0.25, -0.2) is 0 Å². The van der Waals surface area contributed by atoms with Gasteiger partial charge in [-0.15, -0.1) is 0 Å². The Morgan fingerprint density at radius 2 is 1.27 bits per heavy atom. The summed E-state index contributed by atoms with van der Waals surface area (Å²) in [5.74, 6) is 1.85. The molecule has 0 saturated carbocycles. The fourth-order valence-electron chi connectivity index (χ4n) is 5.01. The summed E-state index contributed by atoms with van der Waals surface area (Å²) in [5, 5.41) is 13.9. The number of aliphatic hydroxyl groups excluding tert-OH is 1. The molecule has 0 aromatic heterocycles. The van der Waals surface area contributed by atoms with E-state index in [0.717, 1.165) is 34.4 Å². The maximum atomic E-state index is 11.6. The molecule has 2 aromatic carbocycles. The third-order valence-electron chi connectivity index (χ3n) is 6.71. The topological polar surface area (TPSA) is 38.7 Å². The van der Waals surface area contributed by atoms with E-state index in [1.165, 1.54) is 16.5 Å². The minimum atomic E-state index is -0.581. The summed E-state index contributed by atoms with van der Waals surface area (Å²) < 4.78 is 12.0. The van der Waals surface area contributed by atoms with Gasteiger partial charge in [0.2, 0.25) is 0 Å². The Bertz CT molecular complexity index is 960. The fraction of sp³-hybridized carbons (Fsp3) is 0.630. The van der Waals surface area contributed by atoms with Gasteiger partial charge in [0.05, 0.1) is 20.3 Å². The van der Waals surface area contributed by atoms with Crippen molar-refractivity contribution in [2.75, 3.05) is 14.2 Å². The van der Waals surface area contributed by atoms with Gasteiger partial charge >= 0.3 is 0 Å². The van der Waals surface area contributed by atoms with E-state index in [1.54, 1.807) is 14.2 Å². The second-order valence-electron chi connectivity index (χ2n) is 12.0. The highest BCUT2D eigenvalue weighted by molar-refractivity contribution is 5.96. The molecule has 2 aromatic rings. The van der Waals surface area contributed by atoms with Crippen LogP contribution in [0.4, 0.5) is 0 Å². The second kappa shape index (κ2) is 7.15. The summed E-state index contributed by atoms with van der Waals surface area (Å²) in [6, 6.07) is 4.53. The van der Waals surface area contributed by atoms with Gasteiger partial charge in [-0.05, 0) is 51.5 Å². The molecule has 0 radical (unpaired) electrons. The lowest BCUT2D eigenvalue weighted by molar-refractivity contribution is 0.0375. The number of hydrogen-bond donors (Lipinski definition) is 1. The normalized spacial score (nSPS) is 19.9. The lowest BCUT2D eigenvalue weighted by atomic mass is 9.66. The lowest BCUT2D eigenvalue weighted by Crippen LogP contribution is -2.33. The number of benzene rings is 2. The highest BCUT2D eigenvalue weighted by Crippen LogP contribution is 2.54. The average molecular weight is 413 g/mol. The third-order valence-corrected chi connectivity index (χ3v) is 6.71. The maximum Gasteiger partial charge on any atom is 0.129 e. The van der Waals surface area contributed by atoms with E-state index in [4.69, 9.17) is 9.47 Å². The van der Waals surface area contributed by atoms with Crippen LogP contribution < -0.4 is 9.47 Å². The van der Waals surface area contributed by atoms with E-state index in [0.29, 0.717) is 0 Å². The predicted molar refractivity (Wildman–Crippen MR) is 126 cm³/mol. The molecule has 0 heterocycles. The van der Waals surface area contributed by atoms with Crippen molar-refractivity contribution >= 4 is 10.8 Å². The quantitative estimate of drug-likeness (QED) is 0.596. The number of hydrogen-bond acceptors (Lipinski definition) is 3. The minimum Gasteiger partial charge on any atom is -0.496 e. The molecule has 0 spiro atoms. The van der Waals surface area contributed by atoms with Gasteiger partial charge in [0.1, 0.15) is 11.5 Å². The van der Waals surface area contributed by atoms with Crippen molar-refractivity contribution < 1.29 is 14.6 Å². The first-order chi connectivity index (χ1) is 13.6. The monoisotopic (exact) mass is 412 g/mol. The summed E-state index contributed by atoms with van der Waals surface area (Å²) in [4.78, 5) is 0. The third kappa shape index (κ3) is 3.60. The zero-order valence-electron chi connectivity index (χ0n) is 20.8. The van der Waals surface area contributed by atoms with E-state index >= 15 is 0 Å². The molecule has 0 fully saturated rings. The minimum absolute atomic E-state index is 0.0503. The van der Waals surface area contributed by atoms with Crippen molar-refractivity contribution in [1.29, 1.82) is 0 Å². The van der Waals surface area contributed by atoms with Gasteiger partial charge < -0.3 is 14.6 Å². The Kier molecular flexibility index (Phi) is 5.47. The van der Waals surface area contributed by atoms with Gasteiger partial charge in [-0.3, -0.25) is 0 Å². The molecule has 2 unspecified atom stereocenters. The summed E-state index contributed by atoms with van der Waals surface area (Å²) >= 11 is 0. The molecule has 1 aliphatic rings. The zero-order chi connectivity index (χ0) is 22.8.